The van der Waals surface area contributed by atoms with Gasteiger partial charge in [-0.2, -0.15) is 0 Å². The maximum absolute atomic E-state index is 12.3. The molecule has 0 saturated carbocycles. The highest BCUT2D eigenvalue weighted by Gasteiger charge is 2.23. The van der Waals surface area contributed by atoms with Gasteiger partial charge in [0.1, 0.15) is 18.2 Å². The Morgan fingerprint density at radius 1 is 1.12 bits per heavy atom. The van der Waals surface area contributed by atoms with E-state index < -0.39 is 11.6 Å². The fourth-order valence-corrected chi connectivity index (χ4v) is 2.15. The number of benzene rings is 1. The summed E-state index contributed by atoms with van der Waals surface area (Å²) in [5, 5.41) is 2.96. The van der Waals surface area contributed by atoms with E-state index in [1.165, 1.54) is 0 Å². The molecule has 0 fully saturated rings. The predicted octanol–water partition coefficient (Wildman–Crippen LogP) is 3.08. The van der Waals surface area contributed by atoms with Crippen LogP contribution in [-0.2, 0) is 25.7 Å². The highest BCUT2D eigenvalue weighted by molar-refractivity contribution is 5.78. The second-order valence-corrected chi connectivity index (χ2v) is 7.24. The second-order valence-electron chi connectivity index (χ2n) is 7.24. The third kappa shape index (κ3) is 8.67. The number of hydrogen-bond acceptors (Lipinski definition) is 5. The number of hydrogen-bond donors (Lipinski definition) is 1. The van der Waals surface area contributed by atoms with Crippen LogP contribution in [0.4, 0.5) is 0 Å². The van der Waals surface area contributed by atoms with Gasteiger partial charge in [0.05, 0.1) is 6.54 Å². The molecule has 5 nitrogen and oxygen atoms in total. The molecule has 1 aromatic rings. The summed E-state index contributed by atoms with van der Waals surface area (Å²) in [5.41, 5.74) is 0.390. The molecule has 134 valence electrons. The zero-order valence-corrected chi connectivity index (χ0v) is 15.3. The van der Waals surface area contributed by atoms with Crippen LogP contribution >= 0.6 is 0 Å². The molecule has 0 heterocycles. The van der Waals surface area contributed by atoms with Crippen LogP contribution in [0.1, 0.15) is 46.6 Å². The van der Waals surface area contributed by atoms with Crippen molar-refractivity contribution in [2.75, 3.05) is 6.54 Å². The fraction of sp³-hybridized carbons (Fsp3) is 0.579. The average Bonchev–Trinajstić information content (AvgIpc) is 2.48. The number of ether oxygens (including phenoxy) is 2. The van der Waals surface area contributed by atoms with E-state index in [4.69, 9.17) is 9.47 Å². The molecule has 0 aromatic heterocycles. The molecule has 24 heavy (non-hydrogen) atoms. The van der Waals surface area contributed by atoms with Crippen molar-refractivity contribution < 1.29 is 19.1 Å². The molecule has 0 saturated heterocycles. The van der Waals surface area contributed by atoms with E-state index in [1.54, 1.807) is 0 Å². The molecule has 0 unspecified atom stereocenters. The largest absolute Gasteiger partial charge is 0.460 e. The van der Waals surface area contributed by atoms with Gasteiger partial charge in [0.25, 0.3) is 0 Å². The van der Waals surface area contributed by atoms with Crippen LogP contribution in [0, 0.1) is 5.92 Å². The molecule has 1 rings (SSSR count). The van der Waals surface area contributed by atoms with Gasteiger partial charge in [-0.1, -0.05) is 44.2 Å². The number of carbonyl (C=O) groups is 2. The minimum Gasteiger partial charge on any atom is -0.460 e. The van der Waals surface area contributed by atoms with E-state index in [0.717, 1.165) is 5.56 Å². The Labute approximate surface area is 144 Å². The maximum atomic E-state index is 12.3. The molecule has 0 radical (unpaired) electrons. The van der Waals surface area contributed by atoms with Crippen LogP contribution in [0.5, 0.6) is 0 Å². The van der Waals surface area contributed by atoms with E-state index in [0.29, 0.717) is 12.3 Å². The van der Waals surface area contributed by atoms with Crippen molar-refractivity contribution in [2.24, 2.45) is 5.92 Å². The Bertz CT molecular complexity index is 520. The molecule has 1 N–H and O–H groups in total. The Balaban J connectivity index is 2.54. The Kier molecular flexibility index (Phi) is 7.92. The van der Waals surface area contributed by atoms with Crippen molar-refractivity contribution in [1.29, 1.82) is 0 Å². The van der Waals surface area contributed by atoms with Crippen molar-refractivity contribution in [3.8, 4) is 0 Å². The van der Waals surface area contributed by atoms with Crippen LogP contribution in [0.3, 0.4) is 0 Å². The van der Waals surface area contributed by atoms with Crippen molar-refractivity contribution in [2.45, 2.75) is 59.3 Å². The number of nitrogens with one attached hydrogen (secondary N) is 1. The molecule has 1 aromatic carbocycles. The third-order valence-corrected chi connectivity index (χ3v) is 3.13. The first-order valence-corrected chi connectivity index (χ1v) is 8.33. The van der Waals surface area contributed by atoms with Crippen LogP contribution in [0.2, 0.25) is 0 Å². The first kappa shape index (κ1) is 20.2. The molecule has 5 heteroatoms. The van der Waals surface area contributed by atoms with Crippen molar-refractivity contribution in [3.63, 3.8) is 0 Å². The Morgan fingerprint density at radius 2 is 1.75 bits per heavy atom. The molecule has 0 aliphatic carbocycles. The Hall–Kier alpha value is -1.88. The van der Waals surface area contributed by atoms with Crippen LogP contribution in [-0.4, -0.2) is 30.1 Å². The smallest absolute Gasteiger partial charge is 0.323 e. The summed E-state index contributed by atoms with van der Waals surface area (Å²) in [6.07, 6.45) is 0.594. The average molecular weight is 335 g/mol. The van der Waals surface area contributed by atoms with Gasteiger partial charge in [-0.05, 0) is 38.7 Å². The lowest BCUT2D eigenvalue weighted by Gasteiger charge is -2.22. The van der Waals surface area contributed by atoms with Gasteiger partial charge < -0.3 is 9.47 Å². The lowest BCUT2D eigenvalue weighted by atomic mass is 10.0. The summed E-state index contributed by atoms with van der Waals surface area (Å²) in [5.74, 6) is -0.436. The van der Waals surface area contributed by atoms with E-state index in [-0.39, 0.29) is 25.1 Å². The molecular weight excluding hydrogens is 306 g/mol. The first-order valence-electron chi connectivity index (χ1n) is 8.33. The van der Waals surface area contributed by atoms with Gasteiger partial charge in [0, 0.05) is 0 Å². The highest BCUT2D eigenvalue weighted by Crippen LogP contribution is 2.10. The van der Waals surface area contributed by atoms with Gasteiger partial charge in [-0.25, -0.2) is 0 Å². The lowest BCUT2D eigenvalue weighted by Crippen LogP contribution is -2.43. The van der Waals surface area contributed by atoms with Crippen LogP contribution in [0.25, 0.3) is 0 Å². The maximum Gasteiger partial charge on any atom is 0.323 e. The SMILES string of the molecule is CC(C)C[C@H](NCC(=O)OC(C)(C)C)C(=O)OCc1ccccc1. The van der Waals surface area contributed by atoms with Crippen molar-refractivity contribution in [1.82, 2.24) is 5.32 Å². The summed E-state index contributed by atoms with van der Waals surface area (Å²) in [4.78, 5) is 24.1. The van der Waals surface area contributed by atoms with Crippen LogP contribution < -0.4 is 5.32 Å². The molecule has 0 amide bonds. The monoisotopic (exact) mass is 335 g/mol. The van der Waals surface area contributed by atoms with E-state index >= 15 is 0 Å². The van der Waals surface area contributed by atoms with E-state index in [9.17, 15) is 9.59 Å². The van der Waals surface area contributed by atoms with Gasteiger partial charge in [0.15, 0.2) is 0 Å². The van der Waals surface area contributed by atoms with Crippen molar-refractivity contribution in [3.05, 3.63) is 35.9 Å². The van der Waals surface area contributed by atoms with Gasteiger partial charge in [-0.3, -0.25) is 14.9 Å². The zero-order chi connectivity index (χ0) is 18.2. The first-order chi connectivity index (χ1) is 11.2. The minimum atomic E-state index is -0.542. The fourth-order valence-electron chi connectivity index (χ4n) is 2.15. The van der Waals surface area contributed by atoms with Crippen molar-refractivity contribution >= 4 is 11.9 Å². The molecule has 0 aliphatic rings. The van der Waals surface area contributed by atoms with Gasteiger partial charge >= 0.3 is 11.9 Å². The summed E-state index contributed by atoms with van der Waals surface area (Å²) in [6, 6.07) is 8.99. The van der Waals surface area contributed by atoms with Gasteiger partial charge in [-0.15, -0.1) is 0 Å². The minimum absolute atomic E-state index is 0.0188. The molecule has 0 bridgehead atoms. The van der Waals surface area contributed by atoms with Crippen LogP contribution in [0.15, 0.2) is 30.3 Å². The molecule has 0 spiro atoms. The topological polar surface area (TPSA) is 64.6 Å². The van der Waals surface area contributed by atoms with Gasteiger partial charge in [0.2, 0.25) is 0 Å². The molecule has 0 aliphatic heterocycles. The normalized spacial score (nSPS) is 12.8. The molecular formula is C19H29NO4. The Morgan fingerprint density at radius 3 is 2.29 bits per heavy atom. The molecule has 1 atom stereocenters. The summed E-state index contributed by atoms with van der Waals surface area (Å²) in [7, 11) is 0. The quantitative estimate of drug-likeness (QED) is 0.740. The lowest BCUT2D eigenvalue weighted by molar-refractivity contribution is -0.154. The number of carbonyl (C=O) groups excluding carboxylic acids is 2. The summed E-state index contributed by atoms with van der Waals surface area (Å²) >= 11 is 0. The predicted molar refractivity (Wildman–Crippen MR) is 93.3 cm³/mol. The van der Waals surface area contributed by atoms with E-state index in [1.807, 2.05) is 65.0 Å². The zero-order valence-electron chi connectivity index (χ0n) is 15.3. The number of rotatable bonds is 8. The standard InChI is InChI=1S/C19H29NO4/c1-14(2)11-16(20-12-17(21)24-19(3,4)5)18(22)23-13-15-9-7-6-8-10-15/h6-10,14,16,20H,11-13H2,1-5H3/t16-/m0/s1. The van der Waals surface area contributed by atoms with E-state index in [2.05, 4.69) is 5.32 Å². The summed E-state index contributed by atoms with van der Waals surface area (Å²) in [6.45, 7) is 9.68. The number of esters is 2. The highest BCUT2D eigenvalue weighted by atomic mass is 16.6. The third-order valence-electron chi connectivity index (χ3n) is 3.13. The summed E-state index contributed by atoms with van der Waals surface area (Å²) < 4.78 is 10.6. The second kappa shape index (κ2) is 9.42.